The van der Waals surface area contributed by atoms with Crippen molar-refractivity contribution >= 4 is 27.9 Å². The second-order valence-electron chi connectivity index (χ2n) is 1.83. The summed E-state index contributed by atoms with van der Waals surface area (Å²) < 4.78 is 0. The van der Waals surface area contributed by atoms with Crippen LogP contribution in [0.1, 0.15) is 4.88 Å². The van der Waals surface area contributed by atoms with Crippen LogP contribution in [0.2, 0.25) is 0 Å². The molecule has 5 heteroatoms. The second kappa shape index (κ2) is 4.10. The first-order valence-corrected chi connectivity index (χ1v) is 4.38. The third-order valence-corrected chi connectivity index (χ3v) is 2.14. The van der Waals surface area contributed by atoms with Crippen LogP contribution in [0.4, 0.5) is 5.00 Å². The van der Waals surface area contributed by atoms with Crippen LogP contribution in [0, 0.1) is 22.0 Å². The lowest BCUT2D eigenvalue weighted by molar-refractivity contribution is -0.380. The number of hydrogen-bond acceptors (Lipinski definition) is 3. The molecule has 3 nitrogen and oxygen atoms in total. The lowest BCUT2D eigenvalue weighted by Gasteiger charge is -1.78. The van der Waals surface area contributed by atoms with Crippen LogP contribution in [-0.2, 0) is 0 Å². The van der Waals surface area contributed by atoms with Gasteiger partial charge in [0, 0.05) is 6.07 Å². The van der Waals surface area contributed by atoms with Gasteiger partial charge in [-0.2, -0.15) is 0 Å². The van der Waals surface area contributed by atoms with Crippen molar-refractivity contribution in [3.63, 3.8) is 0 Å². The minimum atomic E-state index is -0.434. The molecule has 0 N–H and O–H groups in total. The van der Waals surface area contributed by atoms with Gasteiger partial charge in [-0.1, -0.05) is 23.2 Å². The van der Waals surface area contributed by atoms with Crippen LogP contribution in [-0.4, -0.2) is 10.8 Å². The van der Waals surface area contributed by atoms with E-state index in [1.54, 1.807) is 6.07 Å². The molecule has 0 amide bonds. The maximum absolute atomic E-state index is 10.2. The summed E-state index contributed by atoms with van der Waals surface area (Å²) in [6, 6.07) is 3.05. The number of alkyl halides is 1. The fourth-order valence-electron chi connectivity index (χ4n) is 0.614. The molecule has 1 aromatic heterocycles. The molecule has 1 aromatic rings. The topological polar surface area (TPSA) is 43.1 Å². The number of nitro groups is 1. The van der Waals surface area contributed by atoms with Crippen molar-refractivity contribution in [2.24, 2.45) is 0 Å². The van der Waals surface area contributed by atoms with E-state index in [0.29, 0.717) is 4.88 Å². The largest absolute Gasteiger partial charge is 0.325 e. The summed E-state index contributed by atoms with van der Waals surface area (Å²) in [6.45, 7) is 0. The molecule has 0 aliphatic heterocycles. The minimum Gasteiger partial charge on any atom is -0.258 e. The summed E-state index contributed by atoms with van der Waals surface area (Å²) >= 11 is 6.37. The smallest absolute Gasteiger partial charge is 0.258 e. The molecule has 0 bridgehead atoms. The monoisotopic (exact) mass is 201 g/mol. The third kappa shape index (κ3) is 2.22. The highest BCUT2D eigenvalue weighted by Crippen LogP contribution is 2.22. The molecule has 0 aromatic carbocycles. The van der Waals surface area contributed by atoms with Crippen molar-refractivity contribution in [1.29, 1.82) is 0 Å². The first-order valence-electron chi connectivity index (χ1n) is 3.03. The zero-order valence-corrected chi connectivity index (χ0v) is 7.48. The van der Waals surface area contributed by atoms with Gasteiger partial charge in [0.05, 0.1) is 15.7 Å². The van der Waals surface area contributed by atoms with Gasteiger partial charge in [-0.15, -0.1) is 11.6 Å². The molecule has 0 saturated heterocycles. The van der Waals surface area contributed by atoms with Gasteiger partial charge in [-0.25, -0.2) is 0 Å². The highest BCUT2D eigenvalue weighted by molar-refractivity contribution is 7.15. The molecule has 0 fully saturated rings. The van der Waals surface area contributed by atoms with E-state index in [-0.39, 0.29) is 10.9 Å². The van der Waals surface area contributed by atoms with Crippen LogP contribution < -0.4 is 0 Å². The fraction of sp³-hybridized carbons (Fsp3) is 0.143. The molecule has 62 valence electrons. The first kappa shape index (κ1) is 9.04. The van der Waals surface area contributed by atoms with E-state index in [9.17, 15) is 10.1 Å². The Morgan fingerprint density at radius 2 is 2.42 bits per heavy atom. The van der Waals surface area contributed by atoms with E-state index >= 15 is 0 Å². The Balaban J connectivity index is 2.84. The Bertz CT molecular complexity index is 350. The standard InChI is InChI=1S/C7H4ClNO2S/c8-5-1-2-6-3-4-7(12-6)9(10)11/h3-4H,5H2. The highest BCUT2D eigenvalue weighted by Gasteiger charge is 2.07. The van der Waals surface area contributed by atoms with Crippen LogP contribution in [0.3, 0.4) is 0 Å². The van der Waals surface area contributed by atoms with Crippen molar-refractivity contribution in [3.05, 3.63) is 27.1 Å². The molecule has 1 heterocycles. The van der Waals surface area contributed by atoms with E-state index in [0.717, 1.165) is 11.3 Å². The van der Waals surface area contributed by atoms with Gasteiger partial charge < -0.3 is 0 Å². The molecule has 0 aliphatic rings. The maximum atomic E-state index is 10.2. The predicted octanol–water partition coefficient (Wildman–Crippen LogP) is 2.25. The summed E-state index contributed by atoms with van der Waals surface area (Å²) in [6.07, 6.45) is 0. The SMILES string of the molecule is O=[N+]([O-])c1ccc(C#CCCl)s1. The number of halogens is 1. The van der Waals surface area contributed by atoms with Gasteiger partial charge in [0.1, 0.15) is 0 Å². The first-order chi connectivity index (χ1) is 5.74. The lowest BCUT2D eigenvalue weighted by atomic mass is 10.4. The second-order valence-corrected chi connectivity index (χ2v) is 3.16. The highest BCUT2D eigenvalue weighted by atomic mass is 35.5. The Morgan fingerprint density at radius 1 is 1.67 bits per heavy atom. The van der Waals surface area contributed by atoms with Crippen LogP contribution in [0.15, 0.2) is 12.1 Å². The lowest BCUT2D eigenvalue weighted by Crippen LogP contribution is -1.80. The predicted molar refractivity (Wildman–Crippen MR) is 48.6 cm³/mol. The van der Waals surface area contributed by atoms with Crippen LogP contribution >= 0.6 is 22.9 Å². The minimum absolute atomic E-state index is 0.105. The third-order valence-electron chi connectivity index (χ3n) is 1.05. The molecule has 0 radical (unpaired) electrons. The zero-order valence-electron chi connectivity index (χ0n) is 5.91. The van der Waals surface area contributed by atoms with Gasteiger partial charge in [0.25, 0.3) is 0 Å². The quantitative estimate of drug-likeness (QED) is 0.303. The molecule has 0 spiro atoms. The zero-order chi connectivity index (χ0) is 8.97. The molecule has 0 saturated carbocycles. The molecular weight excluding hydrogens is 198 g/mol. The number of nitrogens with zero attached hydrogens (tertiary/aromatic N) is 1. The normalized spacial score (nSPS) is 8.75. The summed E-state index contributed by atoms with van der Waals surface area (Å²) in [5, 5.41) is 10.3. The molecular formula is C7H4ClNO2S. The van der Waals surface area contributed by atoms with Crippen LogP contribution in [0.25, 0.3) is 0 Å². The van der Waals surface area contributed by atoms with Gasteiger partial charge in [-0.05, 0) is 6.07 Å². The van der Waals surface area contributed by atoms with Gasteiger partial charge in [0.2, 0.25) is 0 Å². The average Bonchev–Trinajstić information content (AvgIpc) is 2.48. The number of rotatable bonds is 1. The molecule has 12 heavy (non-hydrogen) atoms. The molecule has 0 atom stereocenters. The van der Waals surface area contributed by atoms with Gasteiger partial charge in [-0.3, -0.25) is 10.1 Å². The van der Waals surface area contributed by atoms with E-state index in [1.165, 1.54) is 6.07 Å². The van der Waals surface area contributed by atoms with Crippen molar-refractivity contribution in [2.75, 3.05) is 5.88 Å². The van der Waals surface area contributed by atoms with E-state index in [1.807, 2.05) is 0 Å². The Kier molecular flexibility index (Phi) is 3.09. The summed E-state index contributed by atoms with van der Waals surface area (Å²) in [7, 11) is 0. The van der Waals surface area contributed by atoms with E-state index < -0.39 is 4.92 Å². The summed E-state index contributed by atoms with van der Waals surface area (Å²) in [5.74, 6) is 5.56. The van der Waals surface area contributed by atoms with Crippen molar-refractivity contribution in [3.8, 4) is 11.8 Å². The fourth-order valence-corrected chi connectivity index (χ4v) is 1.38. The summed E-state index contributed by atoms with van der Waals surface area (Å²) in [4.78, 5) is 10.5. The van der Waals surface area contributed by atoms with Gasteiger partial charge in [0.15, 0.2) is 0 Å². The summed E-state index contributed by atoms with van der Waals surface area (Å²) in [5.41, 5.74) is 0. The van der Waals surface area contributed by atoms with Crippen molar-refractivity contribution in [2.45, 2.75) is 0 Å². The Labute approximate surface area is 78.1 Å². The van der Waals surface area contributed by atoms with Crippen molar-refractivity contribution in [1.82, 2.24) is 0 Å². The molecule has 0 unspecified atom stereocenters. The van der Waals surface area contributed by atoms with E-state index in [4.69, 9.17) is 11.6 Å². The Morgan fingerprint density at radius 3 is 2.92 bits per heavy atom. The number of hydrogen-bond donors (Lipinski definition) is 0. The van der Waals surface area contributed by atoms with E-state index in [2.05, 4.69) is 11.8 Å². The number of thiophene rings is 1. The molecule has 0 aliphatic carbocycles. The average molecular weight is 202 g/mol. The Hall–Kier alpha value is -1.05. The maximum Gasteiger partial charge on any atom is 0.325 e. The van der Waals surface area contributed by atoms with Crippen molar-refractivity contribution < 1.29 is 4.92 Å². The molecule has 1 rings (SSSR count). The van der Waals surface area contributed by atoms with Crippen LogP contribution in [0.5, 0.6) is 0 Å². The van der Waals surface area contributed by atoms with Gasteiger partial charge >= 0.3 is 5.00 Å².